The van der Waals surface area contributed by atoms with Gasteiger partial charge in [0.25, 0.3) is 0 Å². The van der Waals surface area contributed by atoms with Crippen LogP contribution in [0.4, 0.5) is 0 Å². The van der Waals surface area contributed by atoms with Crippen molar-refractivity contribution in [3.8, 4) is 0 Å². The Morgan fingerprint density at radius 2 is 1.45 bits per heavy atom. The highest BCUT2D eigenvalue weighted by Crippen LogP contribution is 2.02. The summed E-state index contributed by atoms with van der Waals surface area (Å²) < 4.78 is 0. The quantitative estimate of drug-likeness (QED) is 0.485. The molecule has 0 aliphatic heterocycles. The van der Waals surface area contributed by atoms with E-state index in [9.17, 15) is 4.79 Å². The topological polar surface area (TPSA) is 32.7 Å². The molecule has 3 nitrogen and oxygen atoms in total. The molecule has 2 aromatic rings. The molecule has 0 radical (unpaired) electrons. The molecule has 20 heavy (non-hydrogen) atoms. The SMILES string of the molecule is CN(C)/N=C\c1ccccc1C=O.Cc1ccccc1. The smallest absolute Gasteiger partial charge is 0.150 e. The molecular formula is C17H20N2O. The van der Waals surface area contributed by atoms with Gasteiger partial charge in [-0.2, -0.15) is 5.10 Å². The maximum absolute atomic E-state index is 10.6. The largest absolute Gasteiger partial charge is 0.303 e. The molecule has 0 amide bonds. The van der Waals surface area contributed by atoms with Crippen LogP contribution in [0.5, 0.6) is 0 Å². The van der Waals surface area contributed by atoms with Crippen LogP contribution in [-0.2, 0) is 0 Å². The van der Waals surface area contributed by atoms with Gasteiger partial charge in [-0.25, -0.2) is 0 Å². The molecular weight excluding hydrogens is 248 g/mol. The third kappa shape index (κ3) is 5.96. The van der Waals surface area contributed by atoms with E-state index in [1.807, 2.05) is 50.5 Å². The molecule has 2 aromatic carbocycles. The molecule has 3 heteroatoms. The van der Waals surface area contributed by atoms with Crippen LogP contribution in [0.1, 0.15) is 21.5 Å². The fourth-order valence-electron chi connectivity index (χ4n) is 1.45. The van der Waals surface area contributed by atoms with Crippen molar-refractivity contribution in [2.45, 2.75) is 6.92 Å². The molecule has 2 rings (SSSR count). The van der Waals surface area contributed by atoms with E-state index in [4.69, 9.17) is 0 Å². The molecule has 0 fully saturated rings. The summed E-state index contributed by atoms with van der Waals surface area (Å²) in [6.07, 6.45) is 2.50. The summed E-state index contributed by atoms with van der Waals surface area (Å²) in [7, 11) is 3.67. The highest BCUT2D eigenvalue weighted by molar-refractivity contribution is 5.92. The predicted molar refractivity (Wildman–Crippen MR) is 84.3 cm³/mol. The molecule has 0 atom stereocenters. The van der Waals surface area contributed by atoms with Gasteiger partial charge in [-0.15, -0.1) is 0 Å². The van der Waals surface area contributed by atoms with Gasteiger partial charge >= 0.3 is 0 Å². The average Bonchev–Trinajstić information content (AvgIpc) is 2.47. The van der Waals surface area contributed by atoms with Gasteiger partial charge in [-0.1, -0.05) is 60.2 Å². The zero-order valence-electron chi connectivity index (χ0n) is 12.2. The summed E-state index contributed by atoms with van der Waals surface area (Å²) >= 11 is 0. The van der Waals surface area contributed by atoms with Gasteiger partial charge in [-0.05, 0) is 6.92 Å². The lowest BCUT2D eigenvalue weighted by Crippen LogP contribution is -2.02. The average molecular weight is 268 g/mol. The van der Waals surface area contributed by atoms with Crippen LogP contribution in [-0.4, -0.2) is 31.6 Å². The van der Waals surface area contributed by atoms with Crippen molar-refractivity contribution in [1.82, 2.24) is 5.01 Å². The Balaban J connectivity index is 0.000000240. The van der Waals surface area contributed by atoms with Crippen LogP contribution in [0.3, 0.4) is 0 Å². The second-order valence-electron chi connectivity index (χ2n) is 4.49. The molecule has 0 aliphatic rings. The fourth-order valence-corrected chi connectivity index (χ4v) is 1.45. The Labute approximate surface area is 120 Å². The van der Waals surface area contributed by atoms with Crippen molar-refractivity contribution in [1.29, 1.82) is 0 Å². The first-order chi connectivity index (χ1) is 9.63. The van der Waals surface area contributed by atoms with Gasteiger partial charge in [0, 0.05) is 25.2 Å². The number of hydrogen-bond donors (Lipinski definition) is 0. The Bertz CT molecular complexity index is 548. The Kier molecular flexibility index (Phi) is 6.76. The molecule has 0 heterocycles. The third-order valence-electron chi connectivity index (χ3n) is 2.49. The minimum atomic E-state index is 0.660. The third-order valence-corrected chi connectivity index (χ3v) is 2.49. The fraction of sp³-hybridized carbons (Fsp3) is 0.176. The zero-order chi connectivity index (χ0) is 14.8. The van der Waals surface area contributed by atoms with Crippen molar-refractivity contribution in [3.63, 3.8) is 0 Å². The van der Waals surface area contributed by atoms with E-state index in [1.165, 1.54) is 5.56 Å². The summed E-state index contributed by atoms with van der Waals surface area (Å²) in [5.41, 5.74) is 2.82. The summed E-state index contributed by atoms with van der Waals surface area (Å²) in [4.78, 5) is 10.6. The van der Waals surface area contributed by atoms with E-state index < -0.39 is 0 Å². The lowest BCUT2D eigenvalue weighted by Gasteiger charge is -2.03. The standard InChI is InChI=1S/C10H12N2O.C7H8/c1-12(2)11-7-9-5-3-4-6-10(9)8-13;1-7-5-3-2-4-6-7/h3-8H,1-2H3;2-6H,1H3/b11-7-;. The monoisotopic (exact) mass is 268 g/mol. The second-order valence-corrected chi connectivity index (χ2v) is 4.49. The summed E-state index contributed by atoms with van der Waals surface area (Å²) in [5.74, 6) is 0. The highest BCUT2D eigenvalue weighted by atomic mass is 16.1. The van der Waals surface area contributed by atoms with Gasteiger partial charge in [0.2, 0.25) is 0 Å². The molecule has 0 N–H and O–H groups in total. The molecule has 0 aliphatic carbocycles. The summed E-state index contributed by atoms with van der Waals surface area (Å²) in [5, 5.41) is 5.73. The summed E-state index contributed by atoms with van der Waals surface area (Å²) in [6, 6.07) is 17.6. The molecule has 104 valence electrons. The molecule has 0 saturated heterocycles. The van der Waals surface area contributed by atoms with Crippen LogP contribution in [0, 0.1) is 6.92 Å². The maximum atomic E-state index is 10.6. The van der Waals surface area contributed by atoms with Crippen molar-refractivity contribution in [3.05, 3.63) is 71.3 Å². The molecule has 0 bridgehead atoms. The van der Waals surface area contributed by atoms with Gasteiger partial charge in [0.05, 0.1) is 6.21 Å². The number of rotatable bonds is 3. The Hall–Kier alpha value is -2.42. The van der Waals surface area contributed by atoms with Gasteiger partial charge in [-0.3, -0.25) is 4.79 Å². The van der Waals surface area contributed by atoms with Gasteiger partial charge in [0.15, 0.2) is 6.29 Å². The first kappa shape index (κ1) is 15.6. The maximum Gasteiger partial charge on any atom is 0.150 e. The van der Waals surface area contributed by atoms with E-state index in [0.29, 0.717) is 5.56 Å². The number of aryl methyl sites for hydroxylation is 1. The number of nitrogens with zero attached hydrogens (tertiary/aromatic N) is 2. The number of aldehydes is 1. The van der Waals surface area contributed by atoms with Crippen LogP contribution < -0.4 is 0 Å². The van der Waals surface area contributed by atoms with Crippen molar-refractivity contribution in [2.24, 2.45) is 5.10 Å². The summed E-state index contributed by atoms with van der Waals surface area (Å²) in [6.45, 7) is 2.08. The van der Waals surface area contributed by atoms with E-state index in [1.54, 1.807) is 17.3 Å². The molecule has 0 unspecified atom stereocenters. The highest BCUT2D eigenvalue weighted by Gasteiger charge is 1.95. The van der Waals surface area contributed by atoms with Crippen LogP contribution in [0.25, 0.3) is 0 Å². The molecule has 0 aromatic heterocycles. The minimum Gasteiger partial charge on any atom is -0.303 e. The molecule has 0 spiro atoms. The Morgan fingerprint density at radius 1 is 0.900 bits per heavy atom. The van der Waals surface area contributed by atoms with E-state index in [0.717, 1.165) is 11.8 Å². The van der Waals surface area contributed by atoms with E-state index >= 15 is 0 Å². The van der Waals surface area contributed by atoms with Crippen molar-refractivity contribution in [2.75, 3.05) is 14.1 Å². The van der Waals surface area contributed by atoms with Gasteiger partial charge in [0.1, 0.15) is 0 Å². The predicted octanol–water partition coefficient (Wildman–Crippen LogP) is 3.39. The van der Waals surface area contributed by atoms with E-state index in [-0.39, 0.29) is 0 Å². The molecule has 0 saturated carbocycles. The zero-order valence-corrected chi connectivity index (χ0v) is 12.2. The van der Waals surface area contributed by atoms with Gasteiger partial charge < -0.3 is 5.01 Å². The number of benzene rings is 2. The number of carbonyl (C=O) groups is 1. The van der Waals surface area contributed by atoms with Crippen LogP contribution in [0.2, 0.25) is 0 Å². The first-order valence-corrected chi connectivity index (χ1v) is 6.40. The first-order valence-electron chi connectivity index (χ1n) is 6.40. The number of hydrazone groups is 1. The van der Waals surface area contributed by atoms with Crippen LogP contribution >= 0.6 is 0 Å². The van der Waals surface area contributed by atoms with E-state index in [2.05, 4.69) is 24.2 Å². The lowest BCUT2D eigenvalue weighted by molar-refractivity contribution is 0.112. The Morgan fingerprint density at radius 3 is 1.90 bits per heavy atom. The lowest BCUT2D eigenvalue weighted by atomic mass is 10.1. The van der Waals surface area contributed by atoms with Crippen molar-refractivity contribution < 1.29 is 4.79 Å². The number of hydrogen-bond acceptors (Lipinski definition) is 3. The van der Waals surface area contributed by atoms with Crippen molar-refractivity contribution >= 4 is 12.5 Å². The minimum absolute atomic E-state index is 0.660. The normalized spacial score (nSPS) is 9.75. The number of carbonyl (C=O) groups excluding carboxylic acids is 1. The van der Waals surface area contributed by atoms with Crippen LogP contribution in [0.15, 0.2) is 59.7 Å². The second kappa shape index (κ2) is 8.64.